The molecular weight excluding hydrogens is 448 g/mol. The Balaban J connectivity index is 1.68. The zero-order valence-electron chi connectivity index (χ0n) is 15.3. The van der Waals surface area contributed by atoms with Crippen LogP contribution in [0.15, 0.2) is 53.7 Å². The van der Waals surface area contributed by atoms with Gasteiger partial charge in [0.1, 0.15) is 10.3 Å². The van der Waals surface area contributed by atoms with E-state index < -0.39 is 10.0 Å². The van der Waals surface area contributed by atoms with Crippen molar-refractivity contribution in [2.75, 3.05) is 10.0 Å². The molecule has 3 heterocycles. The maximum atomic E-state index is 12.6. The monoisotopic (exact) mass is 460 g/mol. The third-order valence-electron chi connectivity index (χ3n) is 3.83. The number of thiazole rings is 1. The predicted molar refractivity (Wildman–Crippen MR) is 115 cm³/mol. The van der Waals surface area contributed by atoms with Crippen LogP contribution in [0.3, 0.4) is 0 Å². The van der Waals surface area contributed by atoms with E-state index >= 15 is 0 Å². The van der Waals surface area contributed by atoms with E-state index in [1.165, 1.54) is 48.9 Å². The third-order valence-corrected chi connectivity index (χ3v) is 6.39. The number of pyridine rings is 1. The first-order valence-electron chi connectivity index (χ1n) is 8.47. The zero-order chi connectivity index (χ0) is 21.3. The smallest absolute Gasteiger partial charge is 0.261 e. The van der Waals surface area contributed by atoms with Gasteiger partial charge in [0.2, 0.25) is 5.91 Å². The summed E-state index contributed by atoms with van der Waals surface area (Å²) in [5.41, 5.74) is 1.09. The molecule has 1 amide bonds. The first-order valence-corrected chi connectivity index (χ1v) is 11.1. The fourth-order valence-electron chi connectivity index (χ4n) is 2.52. The molecule has 9 nitrogen and oxygen atoms in total. The highest BCUT2D eigenvalue weighted by molar-refractivity contribution is 7.92. The van der Waals surface area contributed by atoms with Gasteiger partial charge >= 0.3 is 0 Å². The molecule has 4 rings (SSSR count). The van der Waals surface area contributed by atoms with E-state index in [2.05, 4.69) is 30.0 Å². The molecule has 30 heavy (non-hydrogen) atoms. The van der Waals surface area contributed by atoms with Gasteiger partial charge in [-0.05, 0) is 18.2 Å². The Hall–Kier alpha value is -3.15. The highest BCUT2D eigenvalue weighted by Crippen LogP contribution is 2.29. The minimum atomic E-state index is -3.84. The van der Waals surface area contributed by atoms with Crippen molar-refractivity contribution < 1.29 is 13.2 Å². The maximum absolute atomic E-state index is 12.6. The van der Waals surface area contributed by atoms with Crippen molar-refractivity contribution in [1.82, 2.24) is 19.9 Å². The van der Waals surface area contributed by atoms with Gasteiger partial charge in [0.05, 0.1) is 16.8 Å². The molecule has 0 bridgehead atoms. The van der Waals surface area contributed by atoms with Gasteiger partial charge in [-0.15, -0.1) is 0 Å². The number of carbonyl (C=O) groups excluding carboxylic acids is 1. The first kappa shape index (κ1) is 20.1. The lowest BCUT2D eigenvalue weighted by Crippen LogP contribution is -2.13. The van der Waals surface area contributed by atoms with Gasteiger partial charge in [-0.25, -0.2) is 28.4 Å². The van der Waals surface area contributed by atoms with Crippen LogP contribution in [0.4, 0.5) is 10.8 Å². The first-order chi connectivity index (χ1) is 14.3. The topological polar surface area (TPSA) is 127 Å². The second kappa shape index (κ2) is 7.94. The van der Waals surface area contributed by atoms with Gasteiger partial charge in [-0.1, -0.05) is 41.1 Å². The summed E-state index contributed by atoms with van der Waals surface area (Å²) in [7, 11) is -3.84. The van der Waals surface area contributed by atoms with E-state index in [1.54, 1.807) is 18.2 Å². The van der Waals surface area contributed by atoms with Crippen molar-refractivity contribution in [3.05, 3.63) is 53.9 Å². The van der Waals surface area contributed by atoms with Crippen molar-refractivity contribution in [3.63, 3.8) is 0 Å². The summed E-state index contributed by atoms with van der Waals surface area (Å²) < 4.78 is 27.6. The van der Waals surface area contributed by atoms with Gasteiger partial charge in [-0.2, -0.15) is 0 Å². The number of amides is 1. The Bertz CT molecular complexity index is 1360. The molecule has 0 aliphatic rings. The lowest BCUT2D eigenvalue weighted by atomic mass is 10.2. The summed E-state index contributed by atoms with van der Waals surface area (Å²) in [6, 6.07) is 9.42. The molecule has 4 aromatic rings. The van der Waals surface area contributed by atoms with Crippen LogP contribution in [0.1, 0.15) is 6.92 Å². The Morgan fingerprint density at radius 2 is 1.87 bits per heavy atom. The summed E-state index contributed by atoms with van der Waals surface area (Å²) in [6.07, 6.45) is 2.96. The van der Waals surface area contributed by atoms with Gasteiger partial charge in [0.15, 0.2) is 16.1 Å². The van der Waals surface area contributed by atoms with Crippen molar-refractivity contribution in [3.8, 4) is 11.4 Å². The molecule has 3 aromatic heterocycles. The van der Waals surface area contributed by atoms with E-state index in [-0.39, 0.29) is 21.6 Å². The predicted octanol–water partition coefficient (Wildman–Crippen LogP) is 3.56. The number of hydrogen-bond acceptors (Lipinski definition) is 8. The second-order valence-corrected chi connectivity index (χ2v) is 9.08. The molecule has 0 saturated carbocycles. The van der Waals surface area contributed by atoms with Gasteiger partial charge in [-0.3, -0.25) is 9.52 Å². The van der Waals surface area contributed by atoms with Crippen LogP contribution in [0, 0.1) is 0 Å². The molecule has 0 aliphatic carbocycles. The molecule has 0 radical (unpaired) electrons. The van der Waals surface area contributed by atoms with Crippen LogP contribution in [0.2, 0.25) is 5.15 Å². The van der Waals surface area contributed by atoms with Gasteiger partial charge in [0.25, 0.3) is 10.0 Å². The number of sulfonamides is 1. The number of carbonyl (C=O) groups is 1. The summed E-state index contributed by atoms with van der Waals surface area (Å²) in [4.78, 5) is 28.8. The standard InChI is InChI=1S/C18H13ClN6O3S2/c1-10(26)22-18-23-14-9-21-16(24-17(14)29-18)11-7-13(15(19)20-8-11)25-30(27,28)12-5-3-2-4-6-12/h2-9,25H,1H3,(H,22,23,26). The number of fused-ring (bicyclic) bond motifs is 1. The quantitative estimate of drug-likeness (QED) is 0.436. The van der Waals surface area contributed by atoms with Crippen molar-refractivity contribution >= 4 is 60.0 Å². The SMILES string of the molecule is CC(=O)Nc1nc2cnc(-c3cnc(Cl)c(NS(=O)(=O)c4ccccc4)c3)nc2s1. The average Bonchev–Trinajstić information content (AvgIpc) is 3.11. The maximum Gasteiger partial charge on any atom is 0.261 e. The second-order valence-electron chi connectivity index (χ2n) is 6.07. The fraction of sp³-hybridized carbons (Fsp3) is 0.0556. The van der Waals surface area contributed by atoms with E-state index in [9.17, 15) is 13.2 Å². The number of aromatic nitrogens is 4. The van der Waals surface area contributed by atoms with Crippen LogP contribution >= 0.6 is 22.9 Å². The number of nitrogens with zero attached hydrogens (tertiary/aromatic N) is 4. The summed E-state index contributed by atoms with van der Waals surface area (Å²) in [5, 5.41) is 3.01. The van der Waals surface area contributed by atoms with Crippen LogP contribution in [0.5, 0.6) is 0 Å². The number of nitrogens with one attached hydrogen (secondary N) is 2. The van der Waals surface area contributed by atoms with Crippen LogP contribution in [0.25, 0.3) is 21.7 Å². The number of rotatable bonds is 5. The summed E-state index contributed by atoms with van der Waals surface area (Å²) in [6.45, 7) is 1.39. The molecular formula is C18H13ClN6O3S2. The number of anilines is 2. The third kappa shape index (κ3) is 4.22. The molecule has 152 valence electrons. The lowest BCUT2D eigenvalue weighted by molar-refractivity contribution is -0.114. The van der Waals surface area contributed by atoms with Crippen LogP contribution in [-0.2, 0) is 14.8 Å². The van der Waals surface area contributed by atoms with E-state index in [0.717, 1.165) is 0 Å². The van der Waals surface area contributed by atoms with E-state index in [1.807, 2.05) is 0 Å². The van der Waals surface area contributed by atoms with Crippen molar-refractivity contribution in [1.29, 1.82) is 0 Å². The molecule has 0 aliphatic heterocycles. The molecule has 0 spiro atoms. The molecule has 0 saturated heterocycles. The number of hydrogen-bond donors (Lipinski definition) is 2. The minimum absolute atomic E-state index is 0.00920. The van der Waals surface area contributed by atoms with Crippen molar-refractivity contribution in [2.24, 2.45) is 0 Å². The Labute approximate surface area is 180 Å². The summed E-state index contributed by atoms with van der Waals surface area (Å²) in [5.74, 6) is 0.0735. The largest absolute Gasteiger partial charge is 0.302 e. The van der Waals surface area contributed by atoms with Crippen LogP contribution < -0.4 is 10.0 Å². The highest BCUT2D eigenvalue weighted by atomic mass is 35.5. The average molecular weight is 461 g/mol. The lowest BCUT2D eigenvalue weighted by Gasteiger charge is -2.10. The minimum Gasteiger partial charge on any atom is -0.302 e. The normalized spacial score (nSPS) is 11.4. The zero-order valence-corrected chi connectivity index (χ0v) is 17.7. The highest BCUT2D eigenvalue weighted by Gasteiger charge is 2.17. The van der Waals surface area contributed by atoms with Gasteiger partial charge < -0.3 is 5.32 Å². The molecule has 0 fully saturated rings. The van der Waals surface area contributed by atoms with E-state index in [4.69, 9.17) is 11.6 Å². The van der Waals surface area contributed by atoms with Crippen LogP contribution in [-0.4, -0.2) is 34.3 Å². The molecule has 2 N–H and O–H groups in total. The Morgan fingerprint density at radius 1 is 1.10 bits per heavy atom. The Kier molecular flexibility index (Phi) is 5.33. The molecule has 1 aromatic carbocycles. The number of halogens is 1. The molecule has 12 heteroatoms. The van der Waals surface area contributed by atoms with Gasteiger partial charge in [0, 0.05) is 18.7 Å². The van der Waals surface area contributed by atoms with E-state index in [0.29, 0.717) is 26.9 Å². The number of benzene rings is 1. The summed E-state index contributed by atoms with van der Waals surface area (Å²) >= 11 is 7.29. The fourth-order valence-corrected chi connectivity index (χ4v) is 4.67. The Morgan fingerprint density at radius 3 is 2.60 bits per heavy atom. The molecule has 0 atom stereocenters. The molecule has 0 unspecified atom stereocenters. The van der Waals surface area contributed by atoms with Crippen molar-refractivity contribution in [2.45, 2.75) is 11.8 Å².